The molecule has 0 radical (unpaired) electrons. The number of para-hydroxylation sites is 1. The fourth-order valence-corrected chi connectivity index (χ4v) is 2.60. The van der Waals surface area contributed by atoms with Gasteiger partial charge in [0.05, 0.1) is 5.52 Å². The minimum Gasteiger partial charge on any atom is -0.385 e. The van der Waals surface area contributed by atoms with Gasteiger partial charge in [0.15, 0.2) is 0 Å². The Hall–Kier alpha value is -1.32. The molecule has 0 aliphatic heterocycles. The Morgan fingerprint density at radius 2 is 2.10 bits per heavy atom. The van der Waals surface area contributed by atoms with E-state index in [4.69, 9.17) is 4.74 Å². The smallest absolute Gasteiger partial charge is 0.0525 e. The lowest BCUT2D eigenvalue weighted by molar-refractivity contribution is 0.191. The van der Waals surface area contributed by atoms with Crippen molar-refractivity contribution in [2.45, 2.75) is 39.3 Å². The minimum atomic E-state index is 0.851. The van der Waals surface area contributed by atoms with Crippen molar-refractivity contribution in [2.75, 3.05) is 20.3 Å². The van der Waals surface area contributed by atoms with Crippen molar-refractivity contribution in [1.82, 2.24) is 9.88 Å². The number of hydrogen-bond acceptors (Lipinski definition) is 2. The fourth-order valence-electron chi connectivity index (χ4n) is 2.60. The highest BCUT2D eigenvalue weighted by molar-refractivity contribution is 5.83. The molecule has 20 heavy (non-hydrogen) atoms. The summed E-state index contributed by atoms with van der Waals surface area (Å²) in [7, 11) is 1.77. The van der Waals surface area contributed by atoms with Crippen LogP contribution < -0.4 is 5.32 Å². The van der Waals surface area contributed by atoms with E-state index in [9.17, 15) is 0 Å². The Balaban J connectivity index is 2.09. The van der Waals surface area contributed by atoms with Gasteiger partial charge in [0, 0.05) is 33.0 Å². The number of hydrogen-bond donors (Lipinski definition) is 1. The van der Waals surface area contributed by atoms with Gasteiger partial charge in [-0.25, -0.2) is 0 Å². The van der Waals surface area contributed by atoms with Crippen LogP contribution in [0.2, 0.25) is 0 Å². The summed E-state index contributed by atoms with van der Waals surface area (Å²) in [5.41, 5.74) is 2.78. The second-order valence-corrected chi connectivity index (χ2v) is 5.24. The third-order valence-corrected chi connectivity index (χ3v) is 3.61. The van der Waals surface area contributed by atoms with Crippen molar-refractivity contribution in [3.63, 3.8) is 0 Å². The van der Waals surface area contributed by atoms with Gasteiger partial charge in [0.1, 0.15) is 0 Å². The monoisotopic (exact) mass is 274 g/mol. The molecule has 3 nitrogen and oxygen atoms in total. The van der Waals surface area contributed by atoms with Crippen molar-refractivity contribution in [2.24, 2.45) is 0 Å². The minimum absolute atomic E-state index is 0.851. The highest BCUT2D eigenvalue weighted by atomic mass is 16.5. The standard InChI is InChI=1S/C17H26N2O/c1-3-10-18-14-16-8-6-7-15-9-12-19(17(15)16)11-4-5-13-20-2/h6-9,12,18H,3-5,10-11,13-14H2,1-2H3. The molecule has 1 aromatic carbocycles. The van der Waals surface area contributed by atoms with Crippen LogP contribution in [0.5, 0.6) is 0 Å². The van der Waals surface area contributed by atoms with Crippen molar-refractivity contribution < 1.29 is 4.74 Å². The first-order valence-corrected chi connectivity index (χ1v) is 7.63. The van der Waals surface area contributed by atoms with Crippen molar-refractivity contribution in [3.05, 3.63) is 36.0 Å². The van der Waals surface area contributed by atoms with E-state index in [-0.39, 0.29) is 0 Å². The van der Waals surface area contributed by atoms with Gasteiger partial charge in [0.25, 0.3) is 0 Å². The maximum absolute atomic E-state index is 5.12. The van der Waals surface area contributed by atoms with E-state index < -0.39 is 0 Å². The van der Waals surface area contributed by atoms with Crippen LogP contribution >= 0.6 is 0 Å². The van der Waals surface area contributed by atoms with Crippen LogP contribution in [0.3, 0.4) is 0 Å². The average molecular weight is 274 g/mol. The van der Waals surface area contributed by atoms with E-state index in [1.807, 2.05) is 0 Å². The zero-order valence-corrected chi connectivity index (χ0v) is 12.7. The average Bonchev–Trinajstić information content (AvgIpc) is 2.88. The number of aryl methyl sites for hydroxylation is 1. The summed E-state index contributed by atoms with van der Waals surface area (Å²) in [5.74, 6) is 0. The molecule has 3 heteroatoms. The topological polar surface area (TPSA) is 26.2 Å². The molecular formula is C17H26N2O. The fraction of sp³-hybridized carbons (Fsp3) is 0.529. The molecule has 1 heterocycles. The third-order valence-electron chi connectivity index (χ3n) is 3.61. The van der Waals surface area contributed by atoms with E-state index >= 15 is 0 Å². The molecule has 1 aromatic heterocycles. The molecule has 0 aliphatic rings. The number of aromatic nitrogens is 1. The molecule has 2 aromatic rings. The van der Waals surface area contributed by atoms with Crippen LogP contribution in [-0.2, 0) is 17.8 Å². The first-order chi connectivity index (χ1) is 9.86. The summed E-state index contributed by atoms with van der Waals surface area (Å²) in [6, 6.07) is 8.80. The molecule has 0 unspecified atom stereocenters. The number of ether oxygens (including phenoxy) is 1. The van der Waals surface area contributed by atoms with Gasteiger partial charge in [-0.3, -0.25) is 0 Å². The van der Waals surface area contributed by atoms with Gasteiger partial charge >= 0.3 is 0 Å². The second kappa shape index (κ2) is 8.08. The lowest BCUT2D eigenvalue weighted by Crippen LogP contribution is -2.14. The zero-order chi connectivity index (χ0) is 14.2. The Labute approximate surface area is 121 Å². The number of methoxy groups -OCH3 is 1. The van der Waals surface area contributed by atoms with Crippen LogP contribution in [0.15, 0.2) is 30.5 Å². The number of rotatable bonds is 9. The molecule has 0 bridgehead atoms. The molecule has 0 spiro atoms. The Bertz CT molecular complexity index is 519. The van der Waals surface area contributed by atoms with Crippen molar-refractivity contribution in [1.29, 1.82) is 0 Å². The molecule has 0 saturated carbocycles. The molecular weight excluding hydrogens is 248 g/mol. The maximum atomic E-state index is 5.12. The molecule has 0 saturated heterocycles. The first kappa shape index (κ1) is 15.1. The van der Waals surface area contributed by atoms with Crippen LogP contribution in [0.25, 0.3) is 10.9 Å². The molecule has 0 aliphatic carbocycles. The predicted molar refractivity (Wildman–Crippen MR) is 85.0 cm³/mol. The highest BCUT2D eigenvalue weighted by Gasteiger charge is 2.06. The first-order valence-electron chi connectivity index (χ1n) is 7.63. The predicted octanol–water partition coefficient (Wildman–Crippen LogP) is 3.57. The summed E-state index contributed by atoms with van der Waals surface area (Å²) >= 11 is 0. The van der Waals surface area contributed by atoms with Crippen LogP contribution in [0.4, 0.5) is 0 Å². The molecule has 0 amide bonds. The van der Waals surface area contributed by atoms with Gasteiger partial charge in [-0.15, -0.1) is 0 Å². The lowest BCUT2D eigenvalue weighted by Gasteiger charge is -2.10. The maximum Gasteiger partial charge on any atom is 0.0525 e. The van der Waals surface area contributed by atoms with Crippen molar-refractivity contribution in [3.8, 4) is 0 Å². The van der Waals surface area contributed by atoms with Crippen LogP contribution in [0.1, 0.15) is 31.7 Å². The van der Waals surface area contributed by atoms with Gasteiger partial charge in [-0.1, -0.05) is 25.1 Å². The number of fused-ring (bicyclic) bond motifs is 1. The summed E-state index contributed by atoms with van der Waals surface area (Å²) in [4.78, 5) is 0. The van der Waals surface area contributed by atoms with Gasteiger partial charge in [0.2, 0.25) is 0 Å². The van der Waals surface area contributed by atoms with Crippen LogP contribution in [0, 0.1) is 0 Å². The number of benzene rings is 1. The van der Waals surface area contributed by atoms with E-state index in [2.05, 4.69) is 47.3 Å². The molecule has 2 rings (SSSR count). The SMILES string of the molecule is CCCNCc1cccc2ccn(CCCCOC)c12. The van der Waals surface area contributed by atoms with E-state index in [0.29, 0.717) is 0 Å². The Morgan fingerprint density at radius 1 is 1.20 bits per heavy atom. The molecule has 0 fully saturated rings. The second-order valence-electron chi connectivity index (χ2n) is 5.24. The van der Waals surface area contributed by atoms with E-state index in [1.54, 1.807) is 7.11 Å². The number of nitrogens with one attached hydrogen (secondary N) is 1. The van der Waals surface area contributed by atoms with Gasteiger partial charge < -0.3 is 14.6 Å². The normalized spacial score (nSPS) is 11.3. The molecule has 0 atom stereocenters. The summed E-state index contributed by atoms with van der Waals surface area (Å²) in [6.07, 6.45) is 5.66. The Morgan fingerprint density at radius 3 is 2.90 bits per heavy atom. The number of nitrogens with zero attached hydrogens (tertiary/aromatic N) is 1. The zero-order valence-electron chi connectivity index (χ0n) is 12.7. The van der Waals surface area contributed by atoms with E-state index in [0.717, 1.165) is 39.1 Å². The summed E-state index contributed by atoms with van der Waals surface area (Å²) < 4.78 is 7.50. The highest BCUT2D eigenvalue weighted by Crippen LogP contribution is 2.21. The quantitative estimate of drug-likeness (QED) is 0.708. The molecule has 110 valence electrons. The third kappa shape index (κ3) is 3.84. The lowest BCUT2D eigenvalue weighted by atomic mass is 10.1. The summed E-state index contributed by atoms with van der Waals surface area (Å²) in [5, 5.41) is 4.84. The van der Waals surface area contributed by atoms with Crippen molar-refractivity contribution >= 4 is 10.9 Å². The van der Waals surface area contributed by atoms with E-state index in [1.165, 1.54) is 22.9 Å². The van der Waals surface area contributed by atoms with Crippen LogP contribution in [-0.4, -0.2) is 24.8 Å². The van der Waals surface area contributed by atoms with Gasteiger partial charge in [-0.2, -0.15) is 0 Å². The number of unbranched alkanes of at least 4 members (excludes halogenated alkanes) is 1. The Kier molecular flexibility index (Phi) is 6.09. The van der Waals surface area contributed by atoms with Gasteiger partial charge in [-0.05, 0) is 42.8 Å². The summed E-state index contributed by atoms with van der Waals surface area (Å²) in [6.45, 7) is 6.14. The largest absolute Gasteiger partial charge is 0.385 e. The molecule has 1 N–H and O–H groups in total.